The molecule has 0 aliphatic carbocycles. The Kier molecular flexibility index (Phi) is 7.03. The van der Waals surface area contributed by atoms with Crippen molar-refractivity contribution < 1.29 is 36.7 Å². The molecule has 0 aliphatic rings. The van der Waals surface area contributed by atoms with Crippen LogP contribution in [-0.4, -0.2) is 30.4 Å². The summed E-state index contributed by atoms with van der Waals surface area (Å²) in [6.45, 7) is 2.48. The fraction of sp³-hybridized carbons (Fsp3) is 0.316. The number of halogens is 3. The molecule has 1 atom stereocenters. The van der Waals surface area contributed by atoms with Crippen molar-refractivity contribution >= 4 is 23.5 Å². The van der Waals surface area contributed by atoms with E-state index >= 15 is 0 Å². The zero-order chi connectivity index (χ0) is 21.6. The molecule has 0 saturated heterocycles. The number of amides is 2. The van der Waals surface area contributed by atoms with Gasteiger partial charge in [0, 0.05) is 0 Å². The first kappa shape index (κ1) is 22.0. The molecule has 1 aromatic heterocycles. The summed E-state index contributed by atoms with van der Waals surface area (Å²) in [7, 11) is 0. The first-order valence-electron chi connectivity index (χ1n) is 8.56. The maximum Gasteiger partial charge on any atom is 0.418 e. The largest absolute Gasteiger partial charge is 0.459 e. The Labute approximate surface area is 164 Å². The molecule has 2 N–H and O–H groups in total. The maximum absolute atomic E-state index is 13.0. The number of nitrogens with one attached hydrogen (secondary N) is 2. The highest BCUT2D eigenvalue weighted by molar-refractivity contribution is 5.96. The van der Waals surface area contributed by atoms with E-state index in [0.717, 1.165) is 12.1 Å². The second-order valence-corrected chi connectivity index (χ2v) is 6.37. The lowest BCUT2D eigenvalue weighted by atomic mass is 10.0. The number of carbonyl (C=O) groups is 3. The lowest BCUT2D eigenvalue weighted by Gasteiger charge is -2.20. The number of hydrogen-bond donors (Lipinski definition) is 2. The summed E-state index contributed by atoms with van der Waals surface area (Å²) >= 11 is 0. The normalized spacial score (nSPS) is 12.3. The fourth-order valence-corrected chi connectivity index (χ4v) is 2.37. The van der Waals surface area contributed by atoms with E-state index in [1.807, 2.05) is 0 Å². The van der Waals surface area contributed by atoms with Gasteiger partial charge in [-0.1, -0.05) is 26.0 Å². The van der Waals surface area contributed by atoms with Crippen LogP contribution in [0.5, 0.6) is 0 Å². The number of para-hydroxylation sites is 1. The highest BCUT2D eigenvalue weighted by Crippen LogP contribution is 2.34. The van der Waals surface area contributed by atoms with Gasteiger partial charge in [-0.25, -0.2) is 4.79 Å². The molecule has 0 saturated carbocycles. The zero-order valence-electron chi connectivity index (χ0n) is 15.6. The molecule has 2 amide bonds. The summed E-state index contributed by atoms with van der Waals surface area (Å²) in [4.78, 5) is 36.2. The number of carbonyl (C=O) groups excluding carboxylic acids is 3. The fourth-order valence-electron chi connectivity index (χ4n) is 2.37. The number of esters is 1. The van der Waals surface area contributed by atoms with Gasteiger partial charge < -0.3 is 19.8 Å². The van der Waals surface area contributed by atoms with Crippen LogP contribution >= 0.6 is 0 Å². The summed E-state index contributed by atoms with van der Waals surface area (Å²) < 4.78 is 48.7. The Bertz CT molecular complexity index is 863. The Morgan fingerprint density at radius 3 is 2.38 bits per heavy atom. The van der Waals surface area contributed by atoms with Gasteiger partial charge in [-0.3, -0.25) is 9.59 Å². The van der Waals surface area contributed by atoms with Crippen molar-refractivity contribution in [1.82, 2.24) is 5.32 Å². The average Bonchev–Trinajstić information content (AvgIpc) is 3.18. The molecule has 2 aromatic rings. The number of anilines is 1. The monoisotopic (exact) mass is 412 g/mol. The summed E-state index contributed by atoms with van der Waals surface area (Å²) in [6.07, 6.45) is -3.36. The zero-order valence-corrected chi connectivity index (χ0v) is 15.6. The molecule has 29 heavy (non-hydrogen) atoms. The van der Waals surface area contributed by atoms with E-state index in [2.05, 4.69) is 10.6 Å². The van der Waals surface area contributed by atoms with E-state index in [1.54, 1.807) is 13.8 Å². The SMILES string of the molecule is CC(C)[C@H](NC(=O)c1ccco1)C(=O)OCC(=O)Nc1ccccc1C(F)(F)F. The van der Waals surface area contributed by atoms with Crippen LogP contribution in [0.4, 0.5) is 18.9 Å². The topological polar surface area (TPSA) is 97.6 Å². The number of benzene rings is 1. The molecule has 156 valence electrons. The van der Waals surface area contributed by atoms with E-state index in [9.17, 15) is 27.6 Å². The van der Waals surface area contributed by atoms with Gasteiger partial charge in [0.15, 0.2) is 12.4 Å². The van der Waals surface area contributed by atoms with E-state index in [-0.39, 0.29) is 11.7 Å². The number of rotatable bonds is 7. The standard InChI is InChI=1S/C19H19F3N2O5/c1-11(2)16(24-17(26)14-8-5-9-28-14)18(27)29-10-15(25)23-13-7-4-3-6-12(13)19(20,21)22/h3-9,11,16H,10H2,1-2H3,(H,23,25)(H,24,26)/t16-/m0/s1. The van der Waals surface area contributed by atoms with Crippen LogP contribution in [0.1, 0.15) is 30.0 Å². The summed E-state index contributed by atoms with van der Waals surface area (Å²) in [6, 6.07) is 6.25. The van der Waals surface area contributed by atoms with Gasteiger partial charge in [0.1, 0.15) is 6.04 Å². The van der Waals surface area contributed by atoms with E-state index in [0.29, 0.717) is 0 Å². The minimum absolute atomic E-state index is 0.00930. The van der Waals surface area contributed by atoms with Crippen LogP contribution in [0.25, 0.3) is 0 Å². The van der Waals surface area contributed by atoms with Crippen LogP contribution in [-0.2, 0) is 20.5 Å². The lowest BCUT2D eigenvalue weighted by Crippen LogP contribution is -2.45. The predicted octanol–water partition coefficient (Wildman–Crippen LogP) is 3.23. The Balaban J connectivity index is 1.96. The highest BCUT2D eigenvalue weighted by Gasteiger charge is 2.34. The van der Waals surface area contributed by atoms with Gasteiger partial charge in [0.05, 0.1) is 17.5 Å². The molecule has 0 aliphatic heterocycles. The van der Waals surface area contributed by atoms with Crippen molar-refractivity contribution in [3.05, 3.63) is 54.0 Å². The molecule has 0 spiro atoms. The van der Waals surface area contributed by atoms with Gasteiger partial charge in [-0.15, -0.1) is 0 Å². The highest BCUT2D eigenvalue weighted by atomic mass is 19.4. The number of furan rings is 1. The molecule has 7 nitrogen and oxygen atoms in total. The van der Waals surface area contributed by atoms with Crippen LogP contribution in [0.3, 0.4) is 0 Å². The molecule has 0 bridgehead atoms. The van der Waals surface area contributed by atoms with Gasteiger partial charge in [0.25, 0.3) is 11.8 Å². The molecule has 0 fully saturated rings. The predicted molar refractivity (Wildman–Crippen MR) is 95.8 cm³/mol. The van der Waals surface area contributed by atoms with Crippen LogP contribution in [0.15, 0.2) is 47.1 Å². The van der Waals surface area contributed by atoms with Crippen molar-refractivity contribution in [2.45, 2.75) is 26.1 Å². The van der Waals surface area contributed by atoms with Crippen molar-refractivity contribution in [2.24, 2.45) is 5.92 Å². The number of ether oxygens (including phenoxy) is 1. The summed E-state index contributed by atoms with van der Waals surface area (Å²) in [5.41, 5.74) is -1.47. The number of hydrogen-bond acceptors (Lipinski definition) is 5. The van der Waals surface area contributed by atoms with Gasteiger partial charge in [-0.2, -0.15) is 13.2 Å². The van der Waals surface area contributed by atoms with Gasteiger partial charge in [-0.05, 0) is 30.2 Å². The molecule has 10 heteroatoms. The molecule has 0 unspecified atom stereocenters. The van der Waals surface area contributed by atoms with Crippen LogP contribution < -0.4 is 10.6 Å². The third-order valence-electron chi connectivity index (χ3n) is 3.80. The van der Waals surface area contributed by atoms with Crippen molar-refractivity contribution in [1.29, 1.82) is 0 Å². The summed E-state index contributed by atoms with van der Waals surface area (Å²) in [5.74, 6) is -2.89. The molecule has 2 rings (SSSR count). The Morgan fingerprint density at radius 2 is 1.79 bits per heavy atom. The smallest absolute Gasteiger partial charge is 0.418 e. The van der Waals surface area contributed by atoms with Gasteiger partial charge in [0.2, 0.25) is 0 Å². The second kappa shape index (κ2) is 9.26. The maximum atomic E-state index is 13.0. The van der Waals surface area contributed by atoms with Crippen molar-refractivity contribution in [3.8, 4) is 0 Å². The third-order valence-corrected chi connectivity index (χ3v) is 3.80. The van der Waals surface area contributed by atoms with Gasteiger partial charge >= 0.3 is 12.1 Å². The molecular formula is C19H19F3N2O5. The molecular weight excluding hydrogens is 393 g/mol. The van der Waals surface area contributed by atoms with E-state index in [1.165, 1.54) is 30.5 Å². The Hall–Kier alpha value is -3.30. The van der Waals surface area contributed by atoms with Crippen molar-refractivity contribution in [2.75, 3.05) is 11.9 Å². The minimum Gasteiger partial charge on any atom is -0.459 e. The summed E-state index contributed by atoms with van der Waals surface area (Å²) in [5, 5.41) is 4.50. The third kappa shape index (κ3) is 6.09. The van der Waals surface area contributed by atoms with E-state index in [4.69, 9.17) is 9.15 Å². The second-order valence-electron chi connectivity index (χ2n) is 6.37. The average molecular weight is 412 g/mol. The first-order valence-corrected chi connectivity index (χ1v) is 8.56. The first-order chi connectivity index (χ1) is 13.6. The van der Waals surface area contributed by atoms with E-state index < -0.39 is 47.9 Å². The number of alkyl halides is 3. The quantitative estimate of drug-likeness (QED) is 0.681. The molecule has 1 aromatic carbocycles. The lowest BCUT2D eigenvalue weighted by molar-refractivity contribution is -0.150. The van der Waals surface area contributed by atoms with Crippen LogP contribution in [0, 0.1) is 5.92 Å². The van der Waals surface area contributed by atoms with Crippen molar-refractivity contribution in [3.63, 3.8) is 0 Å². The molecule has 0 radical (unpaired) electrons. The Morgan fingerprint density at radius 1 is 1.10 bits per heavy atom. The minimum atomic E-state index is -4.65. The van der Waals surface area contributed by atoms with Crippen LogP contribution in [0.2, 0.25) is 0 Å². The molecule has 1 heterocycles.